The first kappa shape index (κ1) is 19.7. The summed E-state index contributed by atoms with van der Waals surface area (Å²) in [6.45, 7) is 1.68. The molecule has 1 aliphatic heterocycles. The number of anilines is 1. The van der Waals surface area contributed by atoms with Crippen molar-refractivity contribution in [1.29, 1.82) is 0 Å². The lowest BCUT2D eigenvalue weighted by Gasteiger charge is -2.31. The Balaban J connectivity index is 1.60. The fourth-order valence-corrected chi connectivity index (χ4v) is 4.20. The van der Waals surface area contributed by atoms with Crippen LogP contribution in [0.4, 0.5) is 5.69 Å². The minimum Gasteiger partial charge on any atom is -0.385 e. The van der Waals surface area contributed by atoms with Gasteiger partial charge in [0.1, 0.15) is 5.02 Å². The van der Waals surface area contributed by atoms with Gasteiger partial charge in [0.2, 0.25) is 0 Å². The number of aromatic nitrogens is 2. The summed E-state index contributed by atoms with van der Waals surface area (Å²) in [5.41, 5.74) is 0.943. The summed E-state index contributed by atoms with van der Waals surface area (Å²) in [7, 11) is 3.33. The summed E-state index contributed by atoms with van der Waals surface area (Å²) in [5, 5.41) is 9.94. The molecule has 0 atom stereocenters. The number of nitrogens with one attached hydrogen (secondary N) is 2. The smallest absolute Gasteiger partial charge is 0.287 e. The highest BCUT2D eigenvalue weighted by Crippen LogP contribution is 2.30. The van der Waals surface area contributed by atoms with E-state index in [1.165, 1.54) is 4.68 Å². The van der Waals surface area contributed by atoms with Crippen molar-refractivity contribution < 1.29 is 4.79 Å². The van der Waals surface area contributed by atoms with Gasteiger partial charge in [0, 0.05) is 37.6 Å². The van der Waals surface area contributed by atoms with Gasteiger partial charge in [0.25, 0.3) is 11.5 Å². The van der Waals surface area contributed by atoms with Crippen molar-refractivity contribution in [2.45, 2.75) is 23.8 Å². The van der Waals surface area contributed by atoms with Crippen molar-refractivity contribution in [2.75, 3.05) is 32.5 Å². The lowest BCUT2D eigenvalue weighted by Crippen LogP contribution is -2.36. The van der Waals surface area contributed by atoms with Crippen LogP contribution in [-0.4, -0.2) is 47.2 Å². The Kier molecular flexibility index (Phi) is 6.41. The molecular formula is C18H22ClN5O2S. The maximum atomic E-state index is 12.4. The Morgan fingerprint density at radius 1 is 1.22 bits per heavy atom. The average Bonchev–Trinajstić information content (AvgIpc) is 2.71. The zero-order chi connectivity index (χ0) is 19.4. The van der Waals surface area contributed by atoms with Crippen molar-refractivity contribution in [1.82, 2.24) is 19.4 Å². The Labute approximate surface area is 167 Å². The van der Waals surface area contributed by atoms with E-state index in [0.29, 0.717) is 11.3 Å². The van der Waals surface area contributed by atoms with Gasteiger partial charge in [0.15, 0.2) is 0 Å². The second kappa shape index (κ2) is 8.77. The molecule has 0 bridgehead atoms. The van der Waals surface area contributed by atoms with E-state index in [0.717, 1.165) is 30.8 Å². The van der Waals surface area contributed by atoms with Crippen LogP contribution in [0.5, 0.6) is 0 Å². The van der Waals surface area contributed by atoms with Gasteiger partial charge in [-0.1, -0.05) is 11.6 Å². The quantitative estimate of drug-likeness (QED) is 0.742. The minimum absolute atomic E-state index is 0.0494. The predicted molar refractivity (Wildman–Crippen MR) is 109 cm³/mol. The molecule has 2 heterocycles. The fraction of sp³-hybridized carbons (Fsp3) is 0.389. The van der Waals surface area contributed by atoms with E-state index < -0.39 is 0 Å². The third kappa shape index (κ3) is 4.45. The molecule has 1 aliphatic rings. The number of piperidine rings is 1. The third-order valence-corrected chi connectivity index (χ3v) is 6.03. The first-order valence-corrected chi connectivity index (χ1v) is 9.88. The molecule has 2 N–H and O–H groups in total. The topological polar surface area (TPSA) is 79.3 Å². The number of hydrogen-bond donors (Lipinski definition) is 2. The molecule has 1 amide bonds. The number of carbonyl (C=O) groups excluding carboxylic acids is 1. The first-order valence-electron chi connectivity index (χ1n) is 8.73. The predicted octanol–water partition coefficient (Wildman–Crippen LogP) is 2.64. The van der Waals surface area contributed by atoms with Gasteiger partial charge < -0.3 is 10.6 Å². The van der Waals surface area contributed by atoms with Crippen LogP contribution >= 0.6 is 23.5 Å². The van der Waals surface area contributed by atoms with Crippen LogP contribution in [0.3, 0.4) is 0 Å². The maximum absolute atomic E-state index is 12.4. The fourth-order valence-electron chi connectivity index (χ4n) is 3.02. The number of halogens is 1. The van der Waals surface area contributed by atoms with Crippen LogP contribution in [0.1, 0.15) is 29.2 Å². The maximum Gasteiger partial charge on any atom is 0.287 e. The van der Waals surface area contributed by atoms with Gasteiger partial charge in [-0.15, -0.1) is 0 Å². The second-order valence-corrected chi connectivity index (χ2v) is 7.78. The Hall–Kier alpha value is -2.03. The number of rotatable bonds is 5. The molecular weight excluding hydrogens is 386 g/mol. The van der Waals surface area contributed by atoms with Crippen LogP contribution in [0, 0.1) is 0 Å². The van der Waals surface area contributed by atoms with Gasteiger partial charge in [-0.3, -0.25) is 9.59 Å². The molecule has 1 aromatic carbocycles. The summed E-state index contributed by atoms with van der Waals surface area (Å²) in [5.74, 6) is -0.0896. The molecule has 7 nitrogen and oxygen atoms in total. The number of nitrogens with zero attached hydrogens (tertiary/aromatic N) is 3. The van der Waals surface area contributed by atoms with E-state index in [1.807, 2.05) is 24.3 Å². The van der Waals surface area contributed by atoms with Gasteiger partial charge in [0.05, 0.1) is 17.9 Å². The molecule has 1 fully saturated rings. The summed E-state index contributed by atoms with van der Waals surface area (Å²) in [6, 6.07) is 7.59. The molecule has 9 heteroatoms. The third-order valence-electron chi connectivity index (χ3n) is 4.56. The van der Waals surface area contributed by atoms with Crippen molar-refractivity contribution in [3.8, 4) is 0 Å². The summed E-state index contributed by atoms with van der Waals surface area (Å²) < 4.78 is 3.77. The van der Waals surface area contributed by atoms with Crippen LogP contribution < -0.4 is 16.2 Å². The average molecular weight is 408 g/mol. The van der Waals surface area contributed by atoms with Crippen molar-refractivity contribution >= 4 is 35.1 Å². The van der Waals surface area contributed by atoms with E-state index in [2.05, 4.69) is 20.0 Å². The zero-order valence-corrected chi connectivity index (χ0v) is 16.8. The number of benzene rings is 1. The molecule has 144 valence electrons. The van der Waals surface area contributed by atoms with Gasteiger partial charge in [-0.2, -0.15) is 5.10 Å². The SMILES string of the molecule is CNC(=O)c1ccc(SN2CCC(n3ncc(NC)c(Cl)c3=O)CC2)cc1. The summed E-state index contributed by atoms with van der Waals surface area (Å²) in [6.07, 6.45) is 3.25. The van der Waals surface area contributed by atoms with Crippen LogP contribution in [0.2, 0.25) is 5.02 Å². The molecule has 3 rings (SSSR count). The van der Waals surface area contributed by atoms with Crippen LogP contribution in [0.25, 0.3) is 0 Å². The number of amides is 1. The van der Waals surface area contributed by atoms with Crippen LogP contribution in [-0.2, 0) is 0 Å². The molecule has 0 aliphatic carbocycles. The molecule has 0 radical (unpaired) electrons. The Morgan fingerprint density at radius 2 is 1.89 bits per heavy atom. The standard InChI is InChI=1S/C18H22ClN5O2S/c1-20-15-11-22-24(18(26)16(15)19)13-7-9-23(10-8-13)27-14-5-3-12(4-6-14)17(25)21-2/h3-6,11,13,20H,7-10H2,1-2H3,(H,21,25). The lowest BCUT2D eigenvalue weighted by molar-refractivity contribution is 0.0963. The molecule has 1 aromatic heterocycles. The molecule has 0 spiro atoms. The van der Waals surface area contributed by atoms with Gasteiger partial charge in [-0.05, 0) is 49.1 Å². The van der Waals surface area contributed by atoms with Gasteiger partial charge in [-0.25, -0.2) is 8.99 Å². The summed E-state index contributed by atoms with van der Waals surface area (Å²) >= 11 is 7.78. The van der Waals surface area contributed by atoms with Crippen LogP contribution in [0.15, 0.2) is 40.2 Å². The first-order chi connectivity index (χ1) is 13.0. The van der Waals surface area contributed by atoms with Gasteiger partial charge >= 0.3 is 0 Å². The van der Waals surface area contributed by atoms with Crippen molar-refractivity contribution in [3.05, 3.63) is 51.4 Å². The molecule has 2 aromatic rings. The Bertz CT molecular complexity index is 863. The monoisotopic (exact) mass is 407 g/mol. The molecule has 0 unspecified atom stereocenters. The lowest BCUT2D eigenvalue weighted by atomic mass is 10.1. The highest BCUT2D eigenvalue weighted by atomic mass is 35.5. The highest BCUT2D eigenvalue weighted by Gasteiger charge is 2.24. The largest absolute Gasteiger partial charge is 0.385 e. The Morgan fingerprint density at radius 3 is 2.48 bits per heavy atom. The normalized spacial score (nSPS) is 15.5. The number of carbonyl (C=O) groups is 1. The second-order valence-electron chi connectivity index (χ2n) is 6.23. The summed E-state index contributed by atoms with van der Waals surface area (Å²) in [4.78, 5) is 25.1. The van der Waals surface area contributed by atoms with E-state index in [-0.39, 0.29) is 22.5 Å². The van der Waals surface area contributed by atoms with E-state index in [1.54, 1.807) is 32.2 Å². The van der Waals surface area contributed by atoms with E-state index in [9.17, 15) is 9.59 Å². The molecule has 0 saturated carbocycles. The number of hydrogen-bond acceptors (Lipinski definition) is 6. The van der Waals surface area contributed by atoms with Crippen molar-refractivity contribution in [2.24, 2.45) is 0 Å². The van der Waals surface area contributed by atoms with E-state index in [4.69, 9.17) is 11.6 Å². The van der Waals surface area contributed by atoms with Crippen molar-refractivity contribution in [3.63, 3.8) is 0 Å². The van der Waals surface area contributed by atoms with E-state index >= 15 is 0 Å². The molecule has 1 saturated heterocycles. The highest BCUT2D eigenvalue weighted by molar-refractivity contribution is 7.97. The minimum atomic E-state index is -0.251. The molecule has 27 heavy (non-hydrogen) atoms. The zero-order valence-electron chi connectivity index (χ0n) is 15.2.